The van der Waals surface area contributed by atoms with Crippen LogP contribution < -0.4 is 5.32 Å². The number of halogens is 1. The molecular formula is C22H18BrN3S. The second kappa shape index (κ2) is 8.57. The van der Waals surface area contributed by atoms with Crippen molar-refractivity contribution in [3.05, 3.63) is 106 Å². The van der Waals surface area contributed by atoms with E-state index in [0.717, 1.165) is 26.4 Å². The highest BCUT2D eigenvalue weighted by Crippen LogP contribution is 2.26. The zero-order valence-corrected chi connectivity index (χ0v) is 17.0. The first-order chi connectivity index (χ1) is 13.3. The van der Waals surface area contributed by atoms with Gasteiger partial charge < -0.3 is 0 Å². The Labute approximate surface area is 171 Å². The third-order valence-corrected chi connectivity index (χ3v) is 5.72. The molecule has 2 aromatic heterocycles. The average molecular weight is 436 g/mol. The first-order valence-corrected chi connectivity index (χ1v) is 10.4. The van der Waals surface area contributed by atoms with Crippen LogP contribution in [-0.2, 0) is 6.54 Å². The van der Waals surface area contributed by atoms with Crippen LogP contribution in [0.2, 0.25) is 0 Å². The van der Waals surface area contributed by atoms with Crippen molar-refractivity contribution < 1.29 is 0 Å². The van der Waals surface area contributed by atoms with Gasteiger partial charge in [-0.2, -0.15) is 0 Å². The Morgan fingerprint density at radius 1 is 0.926 bits per heavy atom. The maximum absolute atomic E-state index is 4.79. The van der Waals surface area contributed by atoms with Gasteiger partial charge in [0.05, 0.1) is 17.4 Å². The molecule has 0 spiro atoms. The summed E-state index contributed by atoms with van der Waals surface area (Å²) in [6, 6.07) is 24.7. The van der Waals surface area contributed by atoms with Gasteiger partial charge in [-0.15, -0.1) is 11.3 Å². The van der Waals surface area contributed by atoms with Crippen LogP contribution in [0.5, 0.6) is 0 Å². The van der Waals surface area contributed by atoms with Crippen molar-refractivity contribution in [3.63, 3.8) is 0 Å². The van der Waals surface area contributed by atoms with Crippen LogP contribution in [0.25, 0.3) is 10.6 Å². The molecule has 0 aliphatic rings. The zero-order valence-electron chi connectivity index (χ0n) is 14.5. The van der Waals surface area contributed by atoms with Crippen LogP contribution in [0.4, 0.5) is 0 Å². The number of thiazole rings is 1. The van der Waals surface area contributed by atoms with E-state index in [0.29, 0.717) is 6.54 Å². The van der Waals surface area contributed by atoms with Crippen molar-refractivity contribution in [2.75, 3.05) is 0 Å². The average Bonchev–Trinajstić information content (AvgIpc) is 3.19. The Balaban J connectivity index is 1.52. The highest BCUT2D eigenvalue weighted by Gasteiger charge is 2.15. The lowest BCUT2D eigenvalue weighted by molar-refractivity contribution is 0.586. The van der Waals surface area contributed by atoms with Crippen LogP contribution >= 0.6 is 27.3 Å². The van der Waals surface area contributed by atoms with E-state index in [2.05, 4.69) is 74.1 Å². The van der Waals surface area contributed by atoms with Crippen molar-refractivity contribution in [2.45, 2.75) is 12.6 Å². The second-order valence-corrected chi connectivity index (χ2v) is 7.90. The molecule has 0 saturated carbocycles. The summed E-state index contributed by atoms with van der Waals surface area (Å²) in [6.07, 6.45) is 1.83. The monoisotopic (exact) mass is 435 g/mol. The van der Waals surface area contributed by atoms with E-state index in [1.807, 2.05) is 36.5 Å². The molecule has 0 aliphatic heterocycles. The molecule has 5 heteroatoms. The third-order valence-electron chi connectivity index (χ3n) is 4.25. The SMILES string of the molecule is Brc1ccc(-c2nc(CNC(c3ccccc3)c3ccccn3)cs2)cc1. The summed E-state index contributed by atoms with van der Waals surface area (Å²) in [5, 5.41) is 6.77. The number of rotatable bonds is 6. The fraction of sp³-hybridized carbons (Fsp3) is 0.0909. The van der Waals surface area contributed by atoms with Gasteiger partial charge in [0.1, 0.15) is 5.01 Å². The first-order valence-electron chi connectivity index (χ1n) is 8.69. The molecule has 134 valence electrons. The van der Waals surface area contributed by atoms with E-state index < -0.39 is 0 Å². The highest BCUT2D eigenvalue weighted by molar-refractivity contribution is 9.10. The molecule has 1 unspecified atom stereocenters. The summed E-state index contributed by atoms with van der Waals surface area (Å²) < 4.78 is 1.07. The first kappa shape index (κ1) is 18.0. The maximum atomic E-state index is 4.79. The molecule has 0 saturated heterocycles. The number of benzene rings is 2. The van der Waals surface area contributed by atoms with Gasteiger partial charge in [-0.05, 0) is 29.8 Å². The van der Waals surface area contributed by atoms with Gasteiger partial charge in [-0.25, -0.2) is 4.98 Å². The van der Waals surface area contributed by atoms with E-state index in [1.165, 1.54) is 5.56 Å². The van der Waals surface area contributed by atoms with E-state index in [1.54, 1.807) is 11.3 Å². The topological polar surface area (TPSA) is 37.8 Å². The lowest BCUT2D eigenvalue weighted by Crippen LogP contribution is -2.23. The summed E-state index contributed by atoms with van der Waals surface area (Å²) in [4.78, 5) is 9.33. The van der Waals surface area contributed by atoms with E-state index >= 15 is 0 Å². The van der Waals surface area contributed by atoms with Gasteiger partial charge in [0.15, 0.2) is 0 Å². The van der Waals surface area contributed by atoms with Crippen molar-refractivity contribution in [3.8, 4) is 10.6 Å². The summed E-state index contributed by atoms with van der Waals surface area (Å²) in [6.45, 7) is 0.684. The molecule has 2 aromatic carbocycles. The Morgan fingerprint density at radius 3 is 2.44 bits per heavy atom. The van der Waals surface area contributed by atoms with Gasteiger partial charge >= 0.3 is 0 Å². The fourth-order valence-corrected chi connectivity index (χ4v) is 4.00. The van der Waals surface area contributed by atoms with Crippen molar-refractivity contribution >= 4 is 27.3 Å². The maximum Gasteiger partial charge on any atom is 0.123 e. The number of hydrogen-bond donors (Lipinski definition) is 1. The van der Waals surface area contributed by atoms with Gasteiger partial charge in [-0.3, -0.25) is 10.3 Å². The Hall–Kier alpha value is -2.34. The van der Waals surface area contributed by atoms with E-state index in [-0.39, 0.29) is 6.04 Å². The number of pyridine rings is 1. The predicted molar refractivity (Wildman–Crippen MR) is 115 cm³/mol. The standard InChI is InChI=1S/C22H18BrN3S/c23-18-11-9-17(10-12-18)22-26-19(15-27-22)14-25-21(16-6-2-1-3-7-16)20-8-4-5-13-24-20/h1-13,15,21,25H,14H2. The fourth-order valence-electron chi connectivity index (χ4n) is 2.91. The molecule has 1 atom stereocenters. The lowest BCUT2D eigenvalue weighted by Gasteiger charge is -2.18. The third kappa shape index (κ3) is 4.50. The molecule has 0 radical (unpaired) electrons. The summed E-state index contributed by atoms with van der Waals surface area (Å²) in [5.74, 6) is 0. The summed E-state index contributed by atoms with van der Waals surface area (Å²) >= 11 is 5.15. The van der Waals surface area contributed by atoms with Crippen molar-refractivity contribution in [2.24, 2.45) is 0 Å². The smallest absolute Gasteiger partial charge is 0.123 e. The molecular weight excluding hydrogens is 418 g/mol. The summed E-state index contributed by atoms with van der Waals surface area (Å²) in [7, 11) is 0. The molecule has 0 aliphatic carbocycles. The molecule has 0 bridgehead atoms. The van der Waals surface area contributed by atoms with Gasteiger partial charge in [0.25, 0.3) is 0 Å². The van der Waals surface area contributed by atoms with Crippen LogP contribution in [0, 0.1) is 0 Å². The molecule has 0 amide bonds. The minimum Gasteiger partial charge on any atom is -0.299 e. The predicted octanol–water partition coefficient (Wildman–Crippen LogP) is 5.85. The molecule has 4 rings (SSSR count). The minimum atomic E-state index is 0.0326. The molecule has 27 heavy (non-hydrogen) atoms. The number of nitrogens with one attached hydrogen (secondary N) is 1. The van der Waals surface area contributed by atoms with Crippen LogP contribution in [0.3, 0.4) is 0 Å². The quantitative estimate of drug-likeness (QED) is 0.412. The Kier molecular flexibility index (Phi) is 5.72. The molecule has 4 aromatic rings. The number of nitrogens with zero attached hydrogens (tertiary/aromatic N) is 2. The number of aromatic nitrogens is 2. The zero-order chi connectivity index (χ0) is 18.5. The summed E-state index contributed by atoms with van der Waals surface area (Å²) in [5.41, 5.74) is 4.38. The van der Waals surface area contributed by atoms with Crippen LogP contribution in [0.15, 0.2) is 88.8 Å². The molecule has 0 fully saturated rings. The molecule has 2 heterocycles. The van der Waals surface area contributed by atoms with Crippen molar-refractivity contribution in [1.29, 1.82) is 0 Å². The largest absolute Gasteiger partial charge is 0.299 e. The molecule has 1 N–H and O–H groups in total. The lowest BCUT2D eigenvalue weighted by atomic mass is 10.0. The Morgan fingerprint density at radius 2 is 1.70 bits per heavy atom. The van der Waals surface area contributed by atoms with Gasteiger partial charge in [0, 0.05) is 28.2 Å². The normalized spacial score (nSPS) is 12.0. The van der Waals surface area contributed by atoms with Crippen LogP contribution in [0.1, 0.15) is 23.0 Å². The van der Waals surface area contributed by atoms with Gasteiger partial charge in [-0.1, -0.05) is 64.5 Å². The van der Waals surface area contributed by atoms with Gasteiger partial charge in [0.2, 0.25) is 0 Å². The van der Waals surface area contributed by atoms with E-state index in [9.17, 15) is 0 Å². The van der Waals surface area contributed by atoms with E-state index in [4.69, 9.17) is 4.98 Å². The highest BCUT2D eigenvalue weighted by atomic mass is 79.9. The van der Waals surface area contributed by atoms with Crippen molar-refractivity contribution in [1.82, 2.24) is 15.3 Å². The number of hydrogen-bond acceptors (Lipinski definition) is 4. The minimum absolute atomic E-state index is 0.0326. The second-order valence-electron chi connectivity index (χ2n) is 6.13. The Bertz CT molecular complexity index is 946. The van der Waals surface area contributed by atoms with Crippen LogP contribution in [-0.4, -0.2) is 9.97 Å². The molecule has 3 nitrogen and oxygen atoms in total.